The van der Waals surface area contributed by atoms with Crippen LogP contribution in [0.25, 0.3) is 44.2 Å². The Bertz CT molecular complexity index is 1230. The predicted molar refractivity (Wildman–Crippen MR) is 104 cm³/mol. The molecule has 0 unspecified atom stereocenters. The number of pyridine rings is 4. The van der Waals surface area contributed by atoms with Crippen molar-refractivity contribution in [2.45, 2.75) is 0 Å². The zero-order chi connectivity index (χ0) is 17.3. The van der Waals surface area contributed by atoms with Crippen LogP contribution in [-0.2, 0) is 0 Å². The minimum Gasteiger partial charge on any atom is -0.265 e. The SMILES string of the molecule is c1cnc2ncc(-c3ccc4nccc(-c5ccncc5)c4c3)cc2c1. The fourth-order valence-electron chi connectivity index (χ4n) is 3.23. The lowest BCUT2D eigenvalue weighted by molar-refractivity contribution is 1.29. The summed E-state index contributed by atoms with van der Waals surface area (Å²) in [6, 6.07) is 18.5. The molecule has 0 fully saturated rings. The molecule has 4 heterocycles. The molecule has 4 nitrogen and oxygen atoms in total. The average molecular weight is 334 g/mol. The summed E-state index contributed by atoms with van der Waals surface area (Å²) in [4.78, 5) is 17.4. The average Bonchev–Trinajstić information content (AvgIpc) is 2.73. The van der Waals surface area contributed by atoms with Crippen LogP contribution in [0.15, 0.2) is 85.6 Å². The van der Waals surface area contributed by atoms with E-state index in [-0.39, 0.29) is 0 Å². The van der Waals surface area contributed by atoms with E-state index in [4.69, 9.17) is 0 Å². The Labute approximate surface area is 150 Å². The van der Waals surface area contributed by atoms with Crippen LogP contribution in [0.3, 0.4) is 0 Å². The van der Waals surface area contributed by atoms with Crippen LogP contribution in [0.1, 0.15) is 0 Å². The molecule has 26 heavy (non-hydrogen) atoms. The van der Waals surface area contributed by atoms with Gasteiger partial charge in [-0.15, -0.1) is 0 Å². The maximum atomic E-state index is 4.51. The fraction of sp³-hybridized carbons (Fsp3) is 0. The summed E-state index contributed by atoms with van der Waals surface area (Å²) in [7, 11) is 0. The van der Waals surface area contributed by atoms with E-state index in [1.807, 2.05) is 55.1 Å². The lowest BCUT2D eigenvalue weighted by Crippen LogP contribution is -1.88. The lowest BCUT2D eigenvalue weighted by atomic mass is 9.98. The van der Waals surface area contributed by atoms with Crippen LogP contribution in [0, 0.1) is 0 Å². The Morgan fingerprint density at radius 2 is 1.54 bits per heavy atom. The molecule has 122 valence electrons. The van der Waals surface area contributed by atoms with Gasteiger partial charge in [-0.05, 0) is 65.2 Å². The molecule has 0 amide bonds. The molecule has 0 spiro atoms. The molecule has 0 saturated carbocycles. The molecule has 1 aromatic carbocycles. The molecular weight excluding hydrogens is 320 g/mol. The second-order valence-electron chi connectivity index (χ2n) is 6.10. The highest BCUT2D eigenvalue weighted by Gasteiger charge is 2.08. The molecule has 0 bridgehead atoms. The first-order chi connectivity index (χ1) is 12.9. The number of hydrogen-bond acceptors (Lipinski definition) is 4. The van der Waals surface area contributed by atoms with Gasteiger partial charge >= 0.3 is 0 Å². The molecule has 5 aromatic rings. The molecule has 0 aliphatic rings. The summed E-state index contributed by atoms with van der Waals surface area (Å²) < 4.78 is 0. The number of rotatable bonds is 2. The third-order valence-corrected chi connectivity index (χ3v) is 4.52. The van der Waals surface area contributed by atoms with E-state index in [0.717, 1.165) is 44.2 Å². The topological polar surface area (TPSA) is 51.6 Å². The fourth-order valence-corrected chi connectivity index (χ4v) is 3.23. The summed E-state index contributed by atoms with van der Waals surface area (Å²) in [5, 5.41) is 2.15. The van der Waals surface area contributed by atoms with Gasteiger partial charge in [-0.2, -0.15) is 0 Å². The largest absolute Gasteiger partial charge is 0.265 e. The highest BCUT2D eigenvalue weighted by molar-refractivity contribution is 5.97. The van der Waals surface area contributed by atoms with E-state index in [1.54, 1.807) is 6.20 Å². The molecule has 0 saturated heterocycles. The van der Waals surface area contributed by atoms with Crippen LogP contribution in [0.5, 0.6) is 0 Å². The van der Waals surface area contributed by atoms with Gasteiger partial charge in [-0.3, -0.25) is 9.97 Å². The van der Waals surface area contributed by atoms with Crippen LogP contribution >= 0.6 is 0 Å². The third kappa shape index (κ3) is 2.48. The van der Waals surface area contributed by atoms with E-state index < -0.39 is 0 Å². The van der Waals surface area contributed by atoms with Gasteiger partial charge in [0.1, 0.15) is 0 Å². The summed E-state index contributed by atoms with van der Waals surface area (Å²) in [6.07, 6.45) is 9.11. The molecular formula is C22H14N4. The van der Waals surface area contributed by atoms with Crippen molar-refractivity contribution >= 4 is 21.9 Å². The molecule has 4 aromatic heterocycles. The van der Waals surface area contributed by atoms with Crippen molar-refractivity contribution in [3.8, 4) is 22.3 Å². The quantitative estimate of drug-likeness (QED) is 0.460. The standard InChI is InChI=1S/C22H14N4/c1-2-17-12-18(14-26-22(17)25-8-1)16-3-4-21-20(13-16)19(7-11-24-21)15-5-9-23-10-6-15/h1-14H. The van der Waals surface area contributed by atoms with Crippen molar-refractivity contribution < 1.29 is 0 Å². The van der Waals surface area contributed by atoms with Crippen molar-refractivity contribution in [1.29, 1.82) is 0 Å². The lowest BCUT2D eigenvalue weighted by Gasteiger charge is -2.09. The predicted octanol–water partition coefficient (Wildman–Crippen LogP) is 4.91. The van der Waals surface area contributed by atoms with E-state index in [2.05, 4.69) is 44.2 Å². The number of fused-ring (bicyclic) bond motifs is 2. The molecule has 5 rings (SSSR count). The van der Waals surface area contributed by atoms with Gasteiger partial charge in [0.2, 0.25) is 0 Å². The van der Waals surface area contributed by atoms with E-state index >= 15 is 0 Å². The number of aromatic nitrogens is 4. The van der Waals surface area contributed by atoms with Gasteiger partial charge in [0.15, 0.2) is 5.65 Å². The monoisotopic (exact) mass is 334 g/mol. The third-order valence-electron chi connectivity index (χ3n) is 4.52. The summed E-state index contributed by atoms with van der Waals surface area (Å²) in [6.45, 7) is 0. The van der Waals surface area contributed by atoms with Crippen LogP contribution < -0.4 is 0 Å². The van der Waals surface area contributed by atoms with Crippen molar-refractivity contribution in [3.63, 3.8) is 0 Å². The van der Waals surface area contributed by atoms with E-state index in [9.17, 15) is 0 Å². The van der Waals surface area contributed by atoms with Crippen molar-refractivity contribution in [3.05, 3.63) is 85.6 Å². The maximum absolute atomic E-state index is 4.51. The smallest absolute Gasteiger partial charge is 0.159 e. The molecule has 0 aliphatic heterocycles. The second kappa shape index (κ2) is 6.01. The Kier molecular flexibility index (Phi) is 3.39. The van der Waals surface area contributed by atoms with Gasteiger partial charge in [0.05, 0.1) is 5.52 Å². The maximum Gasteiger partial charge on any atom is 0.159 e. The van der Waals surface area contributed by atoms with Crippen LogP contribution in [0.4, 0.5) is 0 Å². The van der Waals surface area contributed by atoms with E-state index in [0.29, 0.717) is 0 Å². The molecule has 0 aliphatic carbocycles. The summed E-state index contributed by atoms with van der Waals surface area (Å²) in [5.41, 5.74) is 6.19. The normalized spacial score (nSPS) is 11.1. The number of nitrogens with zero attached hydrogens (tertiary/aromatic N) is 4. The van der Waals surface area contributed by atoms with Crippen LogP contribution in [-0.4, -0.2) is 19.9 Å². The minimum atomic E-state index is 0.760. The molecule has 0 radical (unpaired) electrons. The van der Waals surface area contributed by atoms with Gasteiger partial charge in [-0.25, -0.2) is 9.97 Å². The van der Waals surface area contributed by atoms with E-state index in [1.165, 1.54) is 0 Å². The van der Waals surface area contributed by atoms with Gasteiger partial charge in [0, 0.05) is 47.3 Å². The van der Waals surface area contributed by atoms with Gasteiger partial charge in [0.25, 0.3) is 0 Å². The first-order valence-corrected chi connectivity index (χ1v) is 8.39. The first-order valence-electron chi connectivity index (χ1n) is 8.39. The molecule has 0 atom stereocenters. The second-order valence-corrected chi connectivity index (χ2v) is 6.10. The Hall–Kier alpha value is -3.66. The Morgan fingerprint density at radius 1 is 0.615 bits per heavy atom. The van der Waals surface area contributed by atoms with Crippen molar-refractivity contribution in [1.82, 2.24) is 19.9 Å². The van der Waals surface area contributed by atoms with Gasteiger partial charge < -0.3 is 0 Å². The van der Waals surface area contributed by atoms with Crippen LogP contribution in [0.2, 0.25) is 0 Å². The summed E-state index contributed by atoms with van der Waals surface area (Å²) >= 11 is 0. The highest BCUT2D eigenvalue weighted by atomic mass is 14.8. The molecule has 4 heteroatoms. The van der Waals surface area contributed by atoms with Crippen molar-refractivity contribution in [2.75, 3.05) is 0 Å². The Morgan fingerprint density at radius 3 is 2.46 bits per heavy atom. The molecule has 0 N–H and O–H groups in total. The number of benzene rings is 1. The highest BCUT2D eigenvalue weighted by Crippen LogP contribution is 2.31. The minimum absolute atomic E-state index is 0.760. The summed E-state index contributed by atoms with van der Waals surface area (Å²) in [5.74, 6) is 0. The first kappa shape index (κ1) is 14.7. The Balaban J connectivity index is 1.71. The number of hydrogen-bond donors (Lipinski definition) is 0. The zero-order valence-electron chi connectivity index (χ0n) is 13.9. The van der Waals surface area contributed by atoms with Crippen molar-refractivity contribution in [2.24, 2.45) is 0 Å². The van der Waals surface area contributed by atoms with Gasteiger partial charge in [-0.1, -0.05) is 6.07 Å². The zero-order valence-corrected chi connectivity index (χ0v) is 13.9.